The minimum atomic E-state index is -0.0833. The lowest BCUT2D eigenvalue weighted by Gasteiger charge is -2.07. The highest BCUT2D eigenvalue weighted by Gasteiger charge is 2.12. The first kappa shape index (κ1) is 19.8. The van der Waals surface area contributed by atoms with E-state index in [4.69, 9.17) is 0 Å². The molecule has 29 heavy (non-hydrogen) atoms. The Labute approximate surface area is 179 Å². The van der Waals surface area contributed by atoms with Gasteiger partial charge in [-0.1, -0.05) is 30.0 Å². The fourth-order valence-electron chi connectivity index (χ4n) is 2.79. The number of carbonyl (C=O) groups is 1. The number of rotatable bonds is 6. The van der Waals surface area contributed by atoms with Gasteiger partial charge in [0.25, 0.3) is 5.56 Å². The van der Waals surface area contributed by atoms with Crippen molar-refractivity contribution in [1.82, 2.24) is 14.5 Å². The van der Waals surface area contributed by atoms with Gasteiger partial charge in [-0.25, -0.2) is 9.97 Å². The lowest BCUT2D eigenvalue weighted by Crippen LogP contribution is -2.19. The second-order valence-electron chi connectivity index (χ2n) is 6.46. The van der Waals surface area contributed by atoms with E-state index in [0.29, 0.717) is 16.3 Å². The molecule has 6 nitrogen and oxygen atoms in total. The van der Waals surface area contributed by atoms with Crippen LogP contribution in [0.1, 0.15) is 16.3 Å². The van der Waals surface area contributed by atoms with Crippen LogP contribution in [0.25, 0.3) is 10.2 Å². The maximum Gasteiger partial charge on any atom is 0.262 e. The number of aromatic nitrogens is 3. The van der Waals surface area contributed by atoms with Crippen molar-refractivity contribution in [3.63, 3.8) is 0 Å². The Hall–Kier alpha value is -2.49. The van der Waals surface area contributed by atoms with Gasteiger partial charge in [-0.15, -0.1) is 22.7 Å². The van der Waals surface area contributed by atoms with Gasteiger partial charge < -0.3 is 5.32 Å². The smallest absolute Gasteiger partial charge is 0.262 e. The maximum atomic E-state index is 12.4. The van der Waals surface area contributed by atoms with Crippen LogP contribution in [0.2, 0.25) is 0 Å². The van der Waals surface area contributed by atoms with E-state index in [-0.39, 0.29) is 17.9 Å². The molecule has 0 saturated heterocycles. The molecule has 1 aromatic carbocycles. The quantitative estimate of drug-likeness (QED) is 0.357. The monoisotopic (exact) mass is 442 g/mol. The Balaban J connectivity index is 1.40. The summed E-state index contributed by atoms with van der Waals surface area (Å²) >= 11 is 4.40. The number of aryl methyl sites for hydroxylation is 1. The summed E-state index contributed by atoms with van der Waals surface area (Å²) in [5.41, 5.74) is 2.68. The van der Waals surface area contributed by atoms with Crippen molar-refractivity contribution < 1.29 is 4.79 Å². The summed E-state index contributed by atoms with van der Waals surface area (Å²) in [6.45, 7) is 1.96. The minimum Gasteiger partial charge on any atom is -0.325 e. The molecule has 4 rings (SSSR count). The van der Waals surface area contributed by atoms with Crippen LogP contribution in [0.15, 0.2) is 51.0 Å². The lowest BCUT2D eigenvalue weighted by molar-refractivity contribution is -0.115. The Morgan fingerprint density at radius 3 is 2.86 bits per heavy atom. The number of para-hydroxylation sites is 1. The Kier molecular flexibility index (Phi) is 5.79. The highest BCUT2D eigenvalue weighted by Crippen LogP contribution is 2.24. The second kappa shape index (κ2) is 8.48. The van der Waals surface area contributed by atoms with Crippen molar-refractivity contribution in [3.8, 4) is 0 Å². The number of fused-ring (bicyclic) bond motifs is 1. The number of benzene rings is 1. The third-order valence-corrected chi connectivity index (χ3v) is 7.11. The number of nitrogens with zero attached hydrogens (tertiary/aromatic N) is 3. The van der Waals surface area contributed by atoms with Crippen LogP contribution in [0, 0.1) is 6.92 Å². The maximum absolute atomic E-state index is 12.4. The molecule has 0 fully saturated rings. The molecule has 3 aromatic heterocycles. The Morgan fingerprint density at radius 2 is 2.03 bits per heavy atom. The molecule has 3 heterocycles. The molecule has 0 atom stereocenters. The van der Waals surface area contributed by atoms with E-state index in [1.807, 2.05) is 41.9 Å². The zero-order valence-electron chi connectivity index (χ0n) is 15.8. The molecule has 4 aromatic rings. The summed E-state index contributed by atoms with van der Waals surface area (Å²) in [5.74, 6) is 0.507. The molecule has 0 saturated carbocycles. The Bertz CT molecular complexity index is 1240. The number of anilines is 1. The molecule has 1 N–H and O–H groups in total. The number of thiazole rings is 1. The van der Waals surface area contributed by atoms with E-state index >= 15 is 0 Å². The topological polar surface area (TPSA) is 76.9 Å². The number of nitrogens with one attached hydrogen (secondary N) is 1. The van der Waals surface area contributed by atoms with Crippen molar-refractivity contribution in [2.75, 3.05) is 5.32 Å². The minimum absolute atomic E-state index is 0.0365. The predicted molar refractivity (Wildman–Crippen MR) is 120 cm³/mol. The van der Waals surface area contributed by atoms with Crippen LogP contribution in [0.5, 0.6) is 0 Å². The number of carbonyl (C=O) groups excluding carboxylic acids is 1. The van der Waals surface area contributed by atoms with E-state index in [1.165, 1.54) is 34.4 Å². The first-order chi connectivity index (χ1) is 14.0. The molecule has 9 heteroatoms. The highest BCUT2D eigenvalue weighted by atomic mass is 32.2. The average molecular weight is 443 g/mol. The van der Waals surface area contributed by atoms with Crippen molar-refractivity contribution in [2.45, 2.75) is 24.3 Å². The molecule has 1 amide bonds. The molecule has 0 spiro atoms. The van der Waals surface area contributed by atoms with Gasteiger partial charge in [0.15, 0.2) is 5.16 Å². The van der Waals surface area contributed by atoms with Gasteiger partial charge >= 0.3 is 0 Å². The number of thioether (sulfide) groups is 1. The number of amides is 1. The zero-order chi connectivity index (χ0) is 20.4. The van der Waals surface area contributed by atoms with Crippen LogP contribution in [0.4, 0.5) is 5.69 Å². The summed E-state index contributed by atoms with van der Waals surface area (Å²) in [7, 11) is 1.73. The van der Waals surface area contributed by atoms with Crippen molar-refractivity contribution >= 4 is 56.2 Å². The summed E-state index contributed by atoms with van der Waals surface area (Å²) < 4.78 is 1.57. The van der Waals surface area contributed by atoms with E-state index in [1.54, 1.807) is 17.7 Å². The van der Waals surface area contributed by atoms with Gasteiger partial charge in [0.2, 0.25) is 5.91 Å². The average Bonchev–Trinajstić information content (AvgIpc) is 3.34. The van der Waals surface area contributed by atoms with Crippen LogP contribution in [-0.2, 0) is 24.0 Å². The van der Waals surface area contributed by atoms with Gasteiger partial charge in [-0.3, -0.25) is 14.2 Å². The predicted octanol–water partition coefficient (Wildman–Crippen LogP) is 4.23. The third-order valence-electron chi connectivity index (χ3n) is 4.34. The van der Waals surface area contributed by atoms with Gasteiger partial charge in [-0.05, 0) is 30.0 Å². The fraction of sp³-hybridized carbons (Fsp3) is 0.200. The Morgan fingerprint density at radius 1 is 1.21 bits per heavy atom. The van der Waals surface area contributed by atoms with E-state index in [0.717, 1.165) is 26.8 Å². The number of thiophene rings is 1. The van der Waals surface area contributed by atoms with E-state index in [9.17, 15) is 9.59 Å². The summed E-state index contributed by atoms with van der Waals surface area (Å²) in [4.78, 5) is 34.6. The summed E-state index contributed by atoms with van der Waals surface area (Å²) in [5, 5.41) is 8.84. The molecule has 0 aliphatic heterocycles. The highest BCUT2D eigenvalue weighted by molar-refractivity contribution is 7.98. The fourth-order valence-corrected chi connectivity index (χ4v) is 5.36. The normalized spacial score (nSPS) is 11.1. The van der Waals surface area contributed by atoms with Gasteiger partial charge in [0.1, 0.15) is 9.84 Å². The van der Waals surface area contributed by atoms with Crippen LogP contribution in [0.3, 0.4) is 0 Å². The summed E-state index contributed by atoms with van der Waals surface area (Å²) in [6, 6.07) is 9.49. The molecule has 0 unspecified atom stereocenters. The van der Waals surface area contributed by atoms with Crippen molar-refractivity contribution in [1.29, 1.82) is 0 Å². The molecular weight excluding hydrogens is 424 g/mol. The zero-order valence-corrected chi connectivity index (χ0v) is 18.3. The van der Waals surface area contributed by atoms with Gasteiger partial charge in [0, 0.05) is 23.9 Å². The molecule has 148 valence electrons. The summed E-state index contributed by atoms with van der Waals surface area (Å²) in [6.07, 6.45) is 0.238. The standard InChI is InChI=1S/C20H18N4O2S3/c1-12-5-3-4-6-15(12)22-16(25)9-17-21-13(10-28-17)11-29-20-23-18-14(7-8-27-18)19(26)24(20)2/h3-8,10H,9,11H2,1-2H3,(H,22,25). The van der Waals surface area contributed by atoms with Crippen molar-refractivity contribution in [3.05, 3.63) is 67.7 Å². The largest absolute Gasteiger partial charge is 0.325 e. The van der Waals surface area contributed by atoms with Gasteiger partial charge in [-0.2, -0.15) is 0 Å². The van der Waals surface area contributed by atoms with Crippen LogP contribution < -0.4 is 10.9 Å². The molecule has 0 aliphatic rings. The van der Waals surface area contributed by atoms with E-state index in [2.05, 4.69) is 15.3 Å². The van der Waals surface area contributed by atoms with Gasteiger partial charge in [0.05, 0.1) is 17.5 Å². The van der Waals surface area contributed by atoms with Crippen LogP contribution in [-0.4, -0.2) is 20.4 Å². The number of hydrogen-bond acceptors (Lipinski definition) is 7. The molecular formula is C20H18N4O2S3. The number of hydrogen-bond donors (Lipinski definition) is 1. The molecule has 0 bridgehead atoms. The third kappa shape index (κ3) is 4.42. The second-order valence-corrected chi connectivity index (χ2v) is 9.24. The first-order valence-electron chi connectivity index (χ1n) is 8.87. The van der Waals surface area contributed by atoms with Crippen molar-refractivity contribution in [2.24, 2.45) is 7.05 Å². The van der Waals surface area contributed by atoms with Crippen LogP contribution >= 0.6 is 34.4 Å². The first-order valence-corrected chi connectivity index (χ1v) is 11.6. The van der Waals surface area contributed by atoms with E-state index < -0.39 is 0 Å². The molecule has 0 radical (unpaired) electrons. The SMILES string of the molecule is Cc1ccccc1NC(=O)Cc1nc(CSc2nc3sccc3c(=O)n2C)cs1. The lowest BCUT2D eigenvalue weighted by atomic mass is 10.2. The molecule has 0 aliphatic carbocycles.